The van der Waals surface area contributed by atoms with E-state index in [0.717, 1.165) is 25.9 Å². The predicted octanol–water partition coefficient (Wildman–Crippen LogP) is 3.59. The minimum absolute atomic E-state index is 0.0558. The zero-order valence-corrected chi connectivity index (χ0v) is 21.8. The normalized spacial score (nSPS) is 19.8. The van der Waals surface area contributed by atoms with Crippen LogP contribution in [0, 0.1) is 17.6 Å². The SMILES string of the molecule is CN1CCN(C(=O)c2ncc(-c3cc(F)c(OCC4CCN(C(=O)OC5(C)CC5)CC4)c(F)c3)cn2)CC1. The van der Waals surface area contributed by atoms with Gasteiger partial charge in [0.2, 0.25) is 5.82 Å². The highest BCUT2D eigenvalue weighted by Crippen LogP contribution is 2.39. The molecule has 0 N–H and O–H groups in total. The van der Waals surface area contributed by atoms with Crippen LogP contribution in [0.1, 0.15) is 43.2 Å². The van der Waals surface area contributed by atoms with E-state index in [1.165, 1.54) is 24.5 Å². The van der Waals surface area contributed by atoms with Gasteiger partial charge in [-0.25, -0.2) is 23.5 Å². The van der Waals surface area contributed by atoms with E-state index in [-0.39, 0.29) is 41.5 Å². The number of likely N-dealkylation sites (N-methyl/N-ethyl adjacent to an activating group) is 1. The van der Waals surface area contributed by atoms with E-state index in [9.17, 15) is 18.4 Å². The smallest absolute Gasteiger partial charge is 0.410 e. The minimum atomic E-state index is -0.823. The molecule has 0 radical (unpaired) electrons. The number of amides is 2. The lowest BCUT2D eigenvalue weighted by Gasteiger charge is -2.32. The average molecular weight is 530 g/mol. The molecule has 38 heavy (non-hydrogen) atoms. The molecule has 0 atom stereocenters. The Labute approximate surface area is 220 Å². The molecule has 1 aliphatic carbocycles. The number of hydrogen-bond donors (Lipinski definition) is 0. The first-order valence-electron chi connectivity index (χ1n) is 13.1. The van der Waals surface area contributed by atoms with Crippen LogP contribution in [0.4, 0.5) is 13.6 Å². The molecule has 11 heteroatoms. The van der Waals surface area contributed by atoms with E-state index in [2.05, 4.69) is 14.9 Å². The third-order valence-corrected chi connectivity index (χ3v) is 7.59. The lowest BCUT2D eigenvalue weighted by atomic mass is 9.98. The van der Waals surface area contributed by atoms with Crippen LogP contribution in [0.15, 0.2) is 24.5 Å². The van der Waals surface area contributed by atoms with Crippen molar-refractivity contribution in [3.8, 4) is 16.9 Å². The third-order valence-electron chi connectivity index (χ3n) is 7.59. The number of nitrogens with zero attached hydrogens (tertiary/aromatic N) is 5. The number of piperidine rings is 1. The Hall–Kier alpha value is -3.34. The number of ether oxygens (including phenoxy) is 2. The molecule has 3 heterocycles. The maximum Gasteiger partial charge on any atom is 0.410 e. The molecule has 1 aromatic heterocycles. The number of carbonyl (C=O) groups is 2. The summed E-state index contributed by atoms with van der Waals surface area (Å²) in [5, 5.41) is 0. The second-order valence-electron chi connectivity index (χ2n) is 10.7. The summed E-state index contributed by atoms with van der Waals surface area (Å²) in [5.74, 6) is -2.20. The Bertz CT molecular complexity index is 1150. The molecule has 3 aliphatic rings. The van der Waals surface area contributed by atoms with Gasteiger partial charge in [-0.1, -0.05) is 0 Å². The van der Waals surface area contributed by atoms with Crippen molar-refractivity contribution < 1.29 is 27.8 Å². The van der Waals surface area contributed by atoms with E-state index in [1.807, 2.05) is 14.0 Å². The van der Waals surface area contributed by atoms with E-state index in [4.69, 9.17) is 9.47 Å². The quantitative estimate of drug-likeness (QED) is 0.565. The first kappa shape index (κ1) is 26.3. The Morgan fingerprint density at radius 1 is 0.947 bits per heavy atom. The van der Waals surface area contributed by atoms with E-state index in [1.54, 1.807) is 9.80 Å². The molecule has 2 amide bonds. The van der Waals surface area contributed by atoms with Gasteiger partial charge in [0.15, 0.2) is 17.4 Å². The molecule has 2 saturated heterocycles. The molecule has 5 rings (SSSR count). The summed E-state index contributed by atoms with van der Waals surface area (Å²) in [6.07, 6.45) is 5.63. The number of likely N-dealkylation sites (tertiary alicyclic amines) is 1. The maximum atomic E-state index is 14.8. The first-order valence-corrected chi connectivity index (χ1v) is 13.1. The van der Waals surface area contributed by atoms with Gasteiger partial charge in [0.05, 0.1) is 6.61 Å². The highest BCUT2D eigenvalue weighted by atomic mass is 19.1. The molecule has 0 unspecified atom stereocenters. The Morgan fingerprint density at radius 2 is 1.55 bits per heavy atom. The summed E-state index contributed by atoms with van der Waals surface area (Å²) < 4.78 is 40.7. The molecule has 0 bridgehead atoms. The van der Waals surface area contributed by atoms with Gasteiger partial charge in [0, 0.05) is 57.2 Å². The molecule has 204 valence electrons. The molecule has 1 aromatic carbocycles. The van der Waals surface area contributed by atoms with E-state index >= 15 is 0 Å². The summed E-state index contributed by atoms with van der Waals surface area (Å²) in [4.78, 5) is 38.7. The van der Waals surface area contributed by atoms with Gasteiger partial charge in [-0.05, 0) is 63.3 Å². The average Bonchev–Trinajstić information content (AvgIpc) is 3.64. The minimum Gasteiger partial charge on any atom is -0.487 e. The molecule has 1 saturated carbocycles. The number of aromatic nitrogens is 2. The highest BCUT2D eigenvalue weighted by molar-refractivity contribution is 5.90. The van der Waals surface area contributed by atoms with Crippen LogP contribution in [0.25, 0.3) is 11.1 Å². The second kappa shape index (κ2) is 10.8. The van der Waals surface area contributed by atoms with Crippen LogP contribution >= 0.6 is 0 Å². The van der Waals surface area contributed by atoms with Crippen LogP contribution in [-0.2, 0) is 4.74 Å². The van der Waals surface area contributed by atoms with Gasteiger partial charge in [0.1, 0.15) is 5.60 Å². The topological polar surface area (TPSA) is 88.1 Å². The number of benzene rings is 1. The number of halogens is 2. The van der Waals surface area contributed by atoms with E-state index < -0.39 is 17.4 Å². The Kier molecular flexibility index (Phi) is 7.47. The maximum absolute atomic E-state index is 14.8. The second-order valence-corrected chi connectivity index (χ2v) is 10.7. The van der Waals surface area contributed by atoms with Crippen LogP contribution in [0.3, 0.4) is 0 Å². The summed E-state index contributed by atoms with van der Waals surface area (Å²) in [5.41, 5.74) is 0.333. The van der Waals surface area contributed by atoms with Crippen LogP contribution in [0.5, 0.6) is 5.75 Å². The zero-order valence-electron chi connectivity index (χ0n) is 21.8. The number of hydrogen-bond acceptors (Lipinski definition) is 7. The van der Waals surface area contributed by atoms with Crippen LogP contribution < -0.4 is 4.74 Å². The molecular weight excluding hydrogens is 496 g/mol. The molecule has 3 fully saturated rings. The van der Waals surface area contributed by atoms with Crippen molar-refractivity contribution in [2.45, 2.75) is 38.2 Å². The molecule has 0 spiro atoms. The van der Waals surface area contributed by atoms with Gasteiger partial charge in [-0.15, -0.1) is 0 Å². The molecular formula is C27H33F2N5O4. The fourth-order valence-corrected chi connectivity index (χ4v) is 4.64. The summed E-state index contributed by atoms with van der Waals surface area (Å²) in [6.45, 7) is 5.90. The standard InChI is InChI=1S/C27H33F2N5O4/c1-27(5-6-27)38-26(36)34-7-3-18(4-8-34)17-37-23-21(28)13-19(14-22(23)29)20-15-30-24(31-16-20)25(35)33-11-9-32(2)10-12-33/h13-16,18H,3-12,17H2,1-2H3. The predicted molar refractivity (Wildman–Crippen MR) is 135 cm³/mol. The van der Waals surface area contributed by atoms with Crippen LogP contribution in [0.2, 0.25) is 0 Å². The fourth-order valence-electron chi connectivity index (χ4n) is 4.64. The zero-order chi connectivity index (χ0) is 26.9. The fraction of sp³-hybridized carbons (Fsp3) is 0.556. The molecule has 2 aromatic rings. The Balaban J connectivity index is 1.15. The van der Waals surface area contributed by atoms with Crippen molar-refractivity contribution in [3.63, 3.8) is 0 Å². The molecule has 2 aliphatic heterocycles. The monoisotopic (exact) mass is 529 g/mol. The van der Waals surface area contributed by atoms with Crippen molar-refractivity contribution in [3.05, 3.63) is 42.0 Å². The van der Waals surface area contributed by atoms with Gasteiger partial charge < -0.3 is 24.2 Å². The van der Waals surface area contributed by atoms with Gasteiger partial charge >= 0.3 is 6.09 Å². The van der Waals surface area contributed by atoms with Crippen molar-refractivity contribution in [1.29, 1.82) is 0 Å². The lowest BCUT2D eigenvalue weighted by Crippen LogP contribution is -2.47. The lowest BCUT2D eigenvalue weighted by molar-refractivity contribution is 0.0453. The van der Waals surface area contributed by atoms with Gasteiger partial charge in [-0.2, -0.15) is 0 Å². The van der Waals surface area contributed by atoms with Crippen LogP contribution in [-0.4, -0.2) is 95.2 Å². The number of rotatable bonds is 6. The van der Waals surface area contributed by atoms with Crippen molar-refractivity contribution in [1.82, 2.24) is 24.7 Å². The third kappa shape index (κ3) is 6.03. The Morgan fingerprint density at radius 3 is 2.13 bits per heavy atom. The van der Waals surface area contributed by atoms with E-state index in [0.29, 0.717) is 44.6 Å². The summed E-state index contributed by atoms with van der Waals surface area (Å²) in [7, 11) is 2.00. The summed E-state index contributed by atoms with van der Waals surface area (Å²) >= 11 is 0. The largest absolute Gasteiger partial charge is 0.487 e. The van der Waals surface area contributed by atoms with Gasteiger partial charge in [-0.3, -0.25) is 4.79 Å². The number of piperazine rings is 1. The highest BCUT2D eigenvalue weighted by Gasteiger charge is 2.43. The van der Waals surface area contributed by atoms with Crippen molar-refractivity contribution in [2.24, 2.45) is 5.92 Å². The van der Waals surface area contributed by atoms with Crippen molar-refractivity contribution >= 4 is 12.0 Å². The van der Waals surface area contributed by atoms with Gasteiger partial charge in [0.25, 0.3) is 5.91 Å². The summed E-state index contributed by atoms with van der Waals surface area (Å²) in [6, 6.07) is 2.35. The molecule has 9 nitrogen and oxygen atoms in total. The first-order chi connectivity index (χ1) is 18.2. The number of carbonyl (C=O) groups excluding carboxylic acids is 2. The van der Waals surface area contributed by atoms with Crippen molar-refractivity contribution in [2.75, 3.05) is 52.9 Å².